The number of nitrogens with one attached hydrogen (secondary N) is 1. The van der Waals surface area contributed by atoms with Crippen LogP contribution in [0.25, 0.3) is 0 Å². The molecule has 0 radical (unpaired) electrons. The molecule has 0 fully saturated rings. The third-order valence-electron chi connectivity index (χ3n) is 2.54. The van der Waals surface area contributed by atoms with E-state index in [1.165, 1.54) is 0 Å². The fraction of sp³-hybridized carbons (Fsp3) is 0.214. The van der Waals surface area contributed by atoms with Crippen LogP contribution in [0.15, 0.2) is 34.8 Å². The lowest BCUT2D eigenvalue weighted by molar-refractivity contribution is 0.457. The van der Waals surface area contributed by atoms with E-state index in [4.69, 9.17) is 27.9 Å². The molecule has 0 saturated heterocycles. The van der Waals surface area contributed by atoms with Crippen molar-refractivity contribution >= 4 is 39.1 Å². The second kappa shape index (κ2) is 7.27. The lowest BCUT2D eigenvalue weighted by Gasteiger charge is -2.10. The molecular formula is C14H13BrCl2N2O. The third kappa shape index (κ3) is 4.09. The van der Waals surface area contributed by atoms with E-state index in [-0.39, 0.29) is 0 Å². The minimum atomic E-state index is 0.491. The summed E-state index contributed by atoms with van der Waals surface area (Å²) in [5.74, 6) is 1.14. The first kappa shape index (κ1) is 15.6. The maximum absolute atomic E-state index is 6.10. The molecule has 2 aromatic rings. The van der Waals surface area contributed by atoms with Gasteiger partial charge >= 0.3 is 0 Å². The highest BCUT2D eigenvalue weighted by Crippen LogP contribution is 2.31. The first-order valence-electron chi connectivity index (χ1n) is 6.09. The summed E-state index contributed by atoms with van der Waals surface area (Å²) in [6.07, 6.45) is 0. The van der Waals surface area contributed by atoms with Gasteiger partial charge < -0.3 is 10.1 Å². The van der Waals surface area contributed by atoms with Crippen LogP contribution >= 0.6 is 39.1 Å². The van der Waals surface area contributed by atoms with Gasteiger partial charge in [0.05, 0.1) is 15.2 Å². The fourth-order valence-electron chi connectivity index (χ4n) is 1.56. The van der Waals surface area contributed by atoms with Gasteiger partial charge in [0.15, 0.2) is 0 Å². The summed E-state index contributed by atoms with van der Waals surface area (Å²) in [5, 5.41) is 4.44. The van der Waals surface area contributed by atoms with Gasteiger partial charge in [0.1, 0.15) is 5.75 Å². The second-order valence-corrected chi connectivity index (χ2v) is 5.73. The van der Waals surface area contributed by atoms with E-state index >= 15 is 0 Å². The van der Waals surface area contributed by atoms with E-state index in [1.54, 1.807) is 30.3 Å². The van der Waals surface area contributed by atoms with Gasteiger partial charge in [-0.15, -0.1) is 0 Å². The summed E-state index contributed by atoms with van der Waals surface area (Å²) >= 11 is 15.4. The number of hydrogen-bond acceptors (Lipinski definition) is 3. The zero-order valence-electron chi connectivity index (χ0n) is 10.8. The lowest BCUT2D eigenvalue weighted by Crippen LogP contribution is -2.13. The highest BCUT2D eigenvalue weighted by atomic mass is 79.9. The molecule has 0 atom stereocenters. The van der Waals surface area contributed by atoms with E-state index in [0.29, 0.717) is 28.2 Å². The van der Waals surface area contributed by atoms with Crippen LogP contribution in [0.5, 0.6) is 11.6 Å². The molecule has 0 aliphatic heterocycles. The van der Waals surface area contributed by atoms with Crippen LogP contribution in [0.4, 0.5) is 0 Å². The molecule has 3 nitrogen and oxygen atoms in total. The first-order valence-corrected chi connectivity index (χ1v) is 7.64. The number of hydrogen-bond donors (Lipinski definition) is 1. The summed E-state index contributed by atoms with van der Waals surface area (Å²) in [7, 11) is 0. The van der Waals surface area contributed by atoms with Crippen LogP contribution in [-0.2, 0) is 6.54 Å². The van der Waals surface area contributed by atoms with Crippen molar-refractivity contribution in [1.82, 2.24) is 10.3 Å². The van der Waals surface area contributed by atoms with Crippen molar-refractivity contribution < 1.29 is 4.74 Å². The topological polar surface area (TPSA) is 34.2 Å². The summed E-state index contributed by atoms with van der Waals surface area (Å²) in [5.41, 5.74) is 0.760. The number of nitrogens with zero attached hydrogens (tertiary/aromatic N) is 1. The van der Waals surface area contributed by atoms with E-state index in [0.717, 1.165) is 16.7 Å². The van der Waals surface area contributed by atoms with Gasteiger partial charge in [0.2, 0.25) is 5.88 Å². The maximum atomic E-state index is 6.10. The zero-order chi connectivity index (χ0) is 14.5. The number of aromatic nitrogens is 1. The number of pyridine rings is 1. The molecule has 106 valence electrons. The Balaban J connectivity index is 2.20. The third-order valence-corrected chi connectivity index (χ3v) is 3.74. The monoisotopic (exact) mass is 374 g/mol. The molecule has 0 aliphatic rings. The predicted octanol–water partition coefficient (Wildman–Crippen LogP) is 5.05. The number of benzene rings is 1. The van der Waals surface area contributed by atoms with Crippen molar-refractivity contribution in [3.8, 4) is 11.6 Å². The molecular weight excluding hydrogens is 363 g/mol. The van der Waals surface area contributed by atoms with Crippen molar-refractivity contribution in [2.45, 2.75) is 13.5 Å². The highest BCUT2D eigenvalue weighted by molar-refractivity contribution is 9.10. The average Bonchev–Trinajstić information content (AvgIpc) is 2.42. The second-order valence-electron chi connectivity index (χ2n) is 4.04. The van der Waals surface area contributed by atoms with Crippen LogP contribution in [0.1, 0.15) is 12.6 Å². The predicted molar refractivity (Wildman–Crippen MR) is 85.9 cm³/mol. The van der Waals surface area contributed by atoms with Crippen molar-refractivity contribution in [1.29, 1.82) is 0 Å². The van der Waals surface area contributed by atoms with Crippen molar-refractivity contribution in [3.63, 3.8) is 0 Å². The minimum Gasteiger partial charge on any atom is -0.438 e. The Morgan fingerprint density at radius 2 is 2.05 bits per heavy atom. The van der Waals surface area contributed by atoms with Crippen LogP contribution in [0, 0.1) is 0 Å². The molecule has 0 bridgehead atoms. The molecule has 1 N–H and O–H groups in total. The van der Waals surface area contributed by atoms with Gasteiger partial charge in [0, 0.05) is 17.6 Å². The number of halogens is 3. The molecule has 2 rings (SSSR count). The zero-order valence-corrected chi connectivity index (χ0v) is 13.9. The smallest absolute Gasteiger partial charge is 0.219 e. The van der Waals surface area contributed by atoms with Crippen LogP contribution < -0.4 is 10.1 Å². The van der Waals surface area contributed by atoms with E-state index in [1.807, 2.05) is 6.92 Å². The molecule has 0 spiro atoms. The Kier molecular flexibility index (Phi) is 5.66. The molecule has 1 aromatic heterocycles. The van der Waals surface area contributed by atoms with Crippen molar-refractivity contribution in [3.05, 3.63) is 50.5 Å². The van der Waals surface area contributed by atoms with E-state index in [2.05, 4.69) is 26.2 Å². The molecule has 0 saturated carbocycles. The minimum absolute atomic E-state index is 0.491. The maximum Gasteiger partial charge on any atom is 0.219 e. The number of ether oxygens (including phenoxy) is 1. The molecule has 0 aliphatic carbocycles. The average molecular weight is 376 g/mol. The van der Waals surface area contributed by atoms with Gasteiger partial charge in [-0.25, -0.2) is 4.98 Å². The Morgan fingerprint density at radius 1 is 1.25 bits per heavy atom. The molecule has 0 unspecified atom stereocenters. The molecule has 1 heterocycles. The quantitative estimate of drug-likeness (QED) is 0.793. The van der Waals surface area contributed by atoms with Gasteiger partial charge in [0.25, 0.3) is 0 Å². The number of rotatable bonds is 5. The summed E-state index contributed by atoms with van der Waals surface area (Å²) in [6.45, 7) is 3.49. The molecule has 6 heteroatoms. The Bertz CT molecular complexity index is 608. The lowest BCUT2D eigenvalue weighted by atomic mass is 10.3. The van der Waals surface area contributed by atoms with Crippen LogP contribution in [0.3, 0.4) is 0 Å². The standard InChI is InChI=1S/C14H13BrCl2N2O/c1-2-18-8-12-11(17)4-6-14(19-12)20-13-5-3-9(16)7-10(13)15/h3-7,18H,2,8H2,1H3. The first-order chi connectivity index (χ1) is 9.60. The van der Waals surface area contributed by atoms with Gasteiger partial charge in [-0.1, -0.05) is 30.1 Å². The molecule has 20 heavy (non-hydrogen) atoms. The summed E-state index contributed by atoms with van der Waals surface area (Å²) < 4.78 is 6.51. The summed E-state index contributed by atoms with van der Waals surface area (Å²) in [6, 6.07) is 8.83. The Labute approximate surface area is 136 Å². The summed E-state index contributed by atoms with van der Waals surface area (Å²) in [4.78, 5) is 4.40. The Hall–Kier alpha value is -0.810. The van der Waals surface area contributed by atoms with E-state index < -0.39 is 0 Å². The van der Waals surface area contributed by atoms with Gasteiger partial charge in [-0.2, -0.15) is 0 Å². The molecule has 0 amide bonds. The van der Waals surface area contributed by atoms with Crippen molar-refractivity contribution in [2.24, 2.45) is 0 Å². The SMILES string of the molecule is CCNCc1nc(Oc2ccc(Cl)cc2Br)ccc1Cl. The van der Waals surface area contributed by atoms with Crippen LogP contribution in [-0.4, -0.2) is 11.5 Å². The highest BCUT2D eigenvalue weighted by Gasteiger charge is 2.08. The molecule has 1 aromatic carbocycles. The Morgan fingerprint density at radius 3 is 2.75 bits per heavy atom. The van der Waals surface area contributed by atoms with Gasteiger partial charge in [-0.05, 0) is 46.7 Å². The fourth-order valence-corrected chi connectivity index (χ4v) is 2.49. The largest absolute Gasteiger partial charge is 0.438 e. The van der Waals surface area contributed by atoms with E-state index in [9.17, 15) is 0 Å². The van der Waals surface area contributed by atoms with Gasteiger partial charge in [-0.3, -0.25) is 0 Å². The normalized spacial score (nSPS) is 10.6. The van der Waals surface area contributed by atoms with Crippen molar-refractivity contribution in [2.75, 3.05) is 6.54 Å². The van der Waals surface area contributed by atoms with Crippen LogP contribution in [0.2, 0.25) is 10.0 Å².